The molecular weight excluding hydrogens is 1370 g/mol. The Hall–Kier alpha value is -1.94. The van der Waals surface area contributed by atoms with Crippen LogP contribution < -0.4 is 0 Å². The number of carbonyl (C=O) groups excluding carboxylic acids is 4. The zero-order valence-corrected chi connectivity index (χ0v) is 70.7. The molecule has 17 nitrogen and oxygen atoms in total. The fraction of sp³-hybridized carbons (Fsp3) is 0.953. The molecule has 0 aromatic carbocycles. The Kier molecular flexibility index (Phi) is 77.3. The van der Waals surface area contributed by atoms with E-state index in [1.54, 1.807) is 0 Å². The molecule has 0 saturated heterocycles. The van der Waals surface area contributed by atoms with Crippen LogP contribution in [0.3, 0.4) is 0 Å². The molecule has 3 N–H and O–H groups in total. The molecule has 0 fully saturated rings. The Morgan fingerprint density at radius 2 is 0.438 bits per heavy atom. The Balaban J connectivity index is 5.26. The van der Waals surface area contributed by atoms with E-state index in [2.05, 4.69) is 34.6 Å². The van der Waals surface area contributed by atoms with Gasteiger partial charge in [0.1, 0.15) is 19.3 Å². The fourth-order valence-corrected chi connectivity index (χ4v) is 15.1. The Bertz CT molecular complexity index is 2000. The molecule has 105 heavy (non-hydrogen) atoms. The quantitative estimate of drug-likeness (QED) is 0.0222. The van der Waals surface area contributed by atoms with Gasteiger partial charge >= 0.3 is 39.5 Å². The first-order chi connectivity index (χ1) is 51.0. The monoisotopic (exact) mass is 1540 g/mol. The number of carbonyl (C=O) groups is 4. The summed E-state index contributed by atoms with van der Waals surface area (Å²) in [6, 6.07) is 0. The number of hydrogen-bond acceptors (Lipinski definition) is 15. The van der Waals surface area contributed by atoms with Crippen LogP contribution in [0.1, 0.15) is 465 Å². The fourth-order valence-electron chi connectivity index (χ4n) is 13.5. The lowest BCUT2D eigenvalue weighted by Gasteiger charge is -2.21. The first-order valence-electron chi connectivity index (χ1n) is 44.6. The largest absolute Gasteiger partial charge is 0.472 e. The van der Waals surface area contributed by atoms with E-state index >= 15 is 0 Å². The van der Waals surface area contributed by atoms with E-state index in [-0.39, 0.29) is 25.7 Å². The number of hydrogen-bond donors (Lipinski definition) is 3. The second-order valence-corrected chi connectivity index (χ2v) is 34.3. The zero-order valence-electron chi connectivity index (χ0n) is 68.9. The van der Waals surface area contributed by atoms with E-state index in [1.165, 1.54) is 289 Å². The van der Waals surface area contributed by atoms with Crippen LogP contribution >= 0.6 is 15.6 Å². The molecule has 0 spiro atoms. The zero-order chi connectivity index (χ0) is 76.9. The molecule has 624 valence electrons. The molecule has 0 saturated carbocycles. The third kappa shape index (κ3) is 79.9. The lowest BCUT2D eigenvalue weighted by Crippen LogP contribution is -2.30. The van der Waals surface area contributed by atoms with Crippen molar-refractivity contribution in [2.24, 2.45) is 5.92 Å². The summed E-state index contributed by atoms with van der Waals surface area (Å²) in [6.07, 6.45) is 72.1. The summed E-state index contributed by atoms with van der Waals surface area (Å²) in [5, 5.41) is 10.7. The van der Waals surface area contributed by atoms with Crippen molar-refractivity contribution in [3.63, 3.8) is 0 Å². The number of rotatable bonds is 86. The van der Waals surface area contributed by atoms with Gasteiger partial charge in [-0.1, -0.05) is 413 Å². The molecule has 0 heterocycles. The minimum Gasteiger partial charge on any atom is -0.462 e. The summed E-state index contributed by atoms with van der Waals surface area (Å²) < 4.78 is 69.0. The normalized spacial score (nSPS) is 13.8. The van der Waals surface area contributed by atoms with Gasteiger partial charge in [0, 0.05) is 25.7 Å². The first kappa shape index (κ1) is 103. The van der Waals surface area contributed by atoms with E-state index in [0.29, 0.717) is 25.7 Å². The van der Waals surface area contributed by atoms with Crippen molar-refractivity contribution in [3.8, 4) is 0 Å². The molecule has 0 aromatic heterocycles. The van der Waals surface area contributed by atoms with Gasteiger partial charge in [0.2, 0.25) is 0 Å². The van der Waals surface area contributed by atoms with Gasteiger partial charge in [-0.3, -0.25) is 37.3 Å². The van der Waals surface area contributed by atoms with Crippen LogP contribution in [0, 0.1) is 5.92 Å². The second-order valence-electron chi connectivity index (χ2n) is 31.4. The van der Waals surface area contributed by atoms with Gasteiger partial charge in [0.25, 0.3) is 0 Å². The van der Waals surface area contributed by atoms with Gasteiger partial charge in [-0.2, -0.15) is 0 Å². The highest BCUT2D eigenvalue weighted by molar-refractivity contribution is 7.47. The van der Waals surface area contributed by atoms with Crippen molar-refractivity contribution in [3.05, 3.63) is 0 Å². The number of esters is 4. The second kappa shape index (κ2) is 78.7. The van der Waals surface area contributed by atoms with Crippen LogP contribution in [0.15, 0.2) is 0 Å². The maximum Gasteiger partial charge on any atom is 0.472 e. The summed E-state index contributed by atoms with van der Waals surface area (Å²) in [6.45, 7) is 7.39. The highest BCUT2D eigenvalue weighted by Crippen LogP contribution is 2.45. The predicted molar refractivity (Wildman–Crippen MR) is 432 cm³/mol. The lowest BCUT2D eigenvalue weighted by molar-refractivity contribution is -0.161. The van der Waals surface area contributed by atoms with Gasteiger partial charge in [-0.25, -0.2) is 9.13 Å². The van der Waals surface area contributed by atoms with Crippen LogP contribution in [-0.4, -0.2) is 96.7 Å². The molecular formula is C86H168O17P2. The highest BCUT2D eigenvalue weighted by Gasteiger charge is 2.30. The first-order valence-corrected chi connectivity index (χ1v) is 47.6. The molecule has 0 aliphatic rings. The van der Waals surface area contributed by atoms with Crippen LogP contribution in [-0.2, 0) is 65.4 Å². The maximum absolute atomic E-state index is 13.1. The third-order valence-corrected chi connectivity index (χ3v) is 22.2. The van der Waals surface area contributed by atoms with Crippen LogP contribution in [0.4, 0.5) is 0 Å². The van der Waals surface area contributed by atoms with Gasteiger partial charge < -0.3 is 33.8 Å². The number of phosphoric acid groups is 2. The van der Waals surface area contributed by atoms with Gasteiger partial charge in [-0.15, -0.1) is 0 Å². The summed E-state index contributed by atoms with van der Waals surface area (Å²) in [5.74, 6) is -1.31. The van der Waals surface area contributed by atoms with Crippen molar-refractivity contribution < 1.29 is 80.2 Å². The van der Waals surface area contributed by atoms with Crippen molar-refractivity contribution in [2.45, 2.75) is 483 Å². The highest BCUT2D eigenvalue weighted by atomic mass is 31.2. The molecule has 0 bridgehead atoms. The summed E-state index contributed by atoms with van der Waals surface area (Å²) >= 11 is 0. The van der Waals surface area contributed by atoms with E-state index in [0.717, 1.165) is 95.8 Å². The third-order valence-electron chi connectivity index (χ3n) is 20.3. The molecule has 0 aliphatic carbocycles. The molecule has 19 heteroatoms. The number of phosphoric ester groups is 2. The number of aliphatic hydroxyl groups is 1. The van der Waals surface area contributed by atoms with E-state index in [9.17, 15) is 43.2 Å². The number of ether oxygens (including phenoxy) is 4. The van der Waals surface area contributed by atoms with E-state index < -0.39 is 97.5 Å². The number of aliphatic hydroxyl groups excluding tert-OH is 1. The summed E-state index contributed by atoms with van der Waals surface area (Å²) in [4.78, 5) is 73.3. The summed E-state index contributed by atoms with van der Waals surface area (Å²) in [7, 11) is -9.93. The molecule has 0 aromatic rings. The predicted octanol–water partition coefficient (Wildman–Crippen LogP) is 26.4. The van der Waals surface area contributed by atoms with Gasteiger partial charge in [0.15, 0.2) is 12.2 Å². The average molecular weight is 1540 g/mol. The van der Waals surface area contributed by atoms with E-state index in [4.69, 9.17) is 37.0 Å². The minimum atomic E-state index is -4.97. The van der Waals surface area contributed by atoms with Crippen molar-refractivity contribution in [2.75, 3.05) is 39.6 Å². The van der Waals surface area contributed by atoms with Gasteiger partial charge in [-0.05, 0) is 31.6 Å². The Labute approximate surface area is 645 Å². The molecule has 0 rings (SSSR count). The Morgan fingerprint density at radius 1 is 0.257 bits per heavy atom. The van der Waals surface area contributed by atoms with Crippen molar-refractivity contribution in [1.82, 2.24) is 0 Å². The molecule has 2 unspecified atom stereocenters. The van der Waals surface area contributed by atoms with Gasteiger partial charge in [0.05, 0.1) is 26.4 Å². The van der Waals surface area contributed by atoms with Crippen LogP contribution in [0.2, 0.25) is 0 Å². The minimum absolute atomic E-state index is 0.108. The maximum atomic E-state index is 13.1. The SMILES string of the molecule is CCCCCCCCCCCCCCCCCCCCC(=O)OC[C@H](COP(=O)(O)OC[C@@H](O)COP(=O)(O)OC[C@@H](COC(=O)CCCCCCCCCCCCCCC)OC(=O)CCCCCCCCCCCCCCCC(C)C)OC(=O)CCCCCCCCCCCCCCCCCCCC. The smallest absolute Gasteiger partial charge is 0.462 e. The van der Waals surface area contributed by atoms with Crippen LogP contribution in [0.25, 0.3) is 0 Å². The topological polar surface area (TPSA) is 237 Å². The number of unbranched alkanes of at least 4 members (excludes halogenated alkanes) is 58. The molecule has 5 atom stereocenters. The summed E-state index contributed by atoms with van der Waals surface area (Å²) in [5.41, 5.74) is 0. The lowest BCUT2D eigenvalue weighted by atomic mass is 10.0. The Morgan fingerprint density at radius 3 is 0.648 bits per heavy atom. The molecule has 0 radical (unpaired) electrons. The molecule has 0 amide bonds. The average Bonchev–Trinajstić information content (AvgIpc) is 0.944. The van der Waals surface area contributed by atoms with Crippen molar-refractivity contribution >= 4 is 39.5 Å². The van der Waals surface area contributed by atoms with E-state index in [1.807, 2.05) is 0 Å². The van der Waals surface area contributed by atoms with Crippen molar-refractivity contribution in [1.29, 1.82) is 0 Å². The standard InChI is InChI=1S/C86H168O17P2/c1-6-9-12-15-18-21-24-27-29-31-33-35-40-45-50-55-60-65-70-84(89)97-76-82(102-85(90)71-66-61-56-51-46-41-36-34-32-30-28-25-22-19-16-13-10-7-2)78-101-105(94,95)99-74-80(87)73-98-104(92,93)100-77-81(75-96-83(88)69-64-59-54-49-44-38-26-23-20-17-14-11-8-3)103-86(91)72-67-62-57-52-47-42-37-39-43-48-53-58-63-68-79(4)5/h79-82,87H,6-78H2,1-5H3,(H,92,93)(H,94,95)/t80-,81+,82+/m0/s1. The molecule has 0 aliphatic heterocycles. The van der Waals surface area contributed by atoms with Crippen LogP contribution in [0.5, 0.6) is 0 Å².